The van der Waals surface area contributed by atoms with Crippen molar-refractivity contribution in [1.29, 1.82) is 5.26 Å². The molecule has 0 saturated heterocycles. The Kier molecular flexibility index (Phi) is 4.40. The van der Waals surface area contributed by atoms with E-state index in [2.05, 4.69) is 0 Å². The molecule has 1 rings (SSSR count). The van der Waals surface area contributed by atoms with Gasteiger partial charge in [0.1, 0.15) is 6.10 Å². The lowest BCUT2D eigenvalue weighted by Crippen LogP contribution is -2.19. The van der Waals surface area contributed by atoms with Crippen LogP contribution in [0, 0.1) is 21.4 Å². The lowest BCUT2D eigenvalue weighted by Gasteiger charge is -2.15. The summed E-state index contributed by atoms with van der Waals surface area (Å²) in [4.78, 5) is 9.93. The zero-order valence-corrected chi connectivity index (χ0v) is 9.33. The molecule has 2 N–H and O–H groups in total. The van der Waals surface area contributed by atoms with Crippen LogP contribution in [0.1, 0.15) is 17.2 Å². The van der Waals surface area contributed by atoms with Crippen LogP contribution in [0.5, 0.6) is 0 Å². The van der Waals surface area contributed by atoms with Crippen molar-refractivity contribution in [2.45, 2.75) is 12.2 Å². The summed E-state index contributed by atoms with van der Waals surface area (Å²) in [6, 6.07) is 5.20. The van der Waals surface area contributed by atoms with Crippen LogP contribution in [0.2, 0.25) is 0 Å². The summed E-state index contributed by atoms with van der Waals surface area (Å²) in [5.74, 6) is -0.217. The van der Waals surface area contributed by atoms with Crippen molar-refractivity contribution in [3.05, 3.63) is 39.4 Å². The van der Waals surface area contributed by atoms with Gasteiger partial charge in [-0.25, -0.2) is 0 Å². The molecule has 0 fully saturated rings. The van der Waals surface area contributed by atoms with Gasteiger partial charge in [0.25, 0.3) is 5.69 Å². The van der Waals surface area contributed by atoms with Crippen LogP contribution >= 0.6 is 11.6 Å². The van der Waals surface area contributed by atoms with Gasteiger partial charge in [0.05, 0.1) is 28.5 Å². The standard InChI is InChI=1S/C10H9ClN2O4/c11-4-9(14)10(15)7-1-6(5-12)2-8(3-7)13(16)17/h1-3,9-10,14-15H,4H2. The van der Waals surface area contributed by atoms with E-state index in [-0.39, 0.29) is 22.7 Å². The second-order valence-corrected chi connectivity index (χ2v) is 3.66. The average molecular weight is 257 g/mol. The number of non-ortho nitro benzene ring substituents is 1. The zero-order valence-electron chi connectivity index (χ0n) is 8.58. The molecule has 0 amide bonds. The van der Waals surface area contributed by atoms with Gasteiger partial charge in [0, 0.05) is 12.1 Å². The number of aliphatic hydroxyl groups is 2. The summed E-state index contributed by atoms with van der Waals surface area (Å²) in [6.07, 6.45) is -2.61. The van der Waals surface area contributed by atoms with E-state index < -0.39 is 17.1 Å². The minimum absolute atomic E-state index is 0.0371. The van der Waals surface area contributed by atoms with Crippen LogP contribution < -0.4 is 0 Å². The lowest BCUT2D eigenvalue weighted by molar-refractivity contribution is -0.385. The third kappa shape index (κ3) is 3.14. The summed E-state index contributed by atoms with van der Waals surface area (Å²) in [5.41, 5.74) is -0.196. The number of nitro groups is 1. The van der Waals surface area contributed by atoms with Gasteiger partial charge < -0.3 is 10.2 Å². The van der Waals surface area contributed by atoms with E-state index in [0.717, 1.165) is 12.1 Å². The summed E-state index contributed by atoms with van der Waals surface area (Å²) in [6.45, 7) is 0. The maximum atomic E-state index is 10.6. The molecular formula is C10H9ClN2O4. The average Bonchev–Trinajstić information content (AvgIpc) is 2.36. The predicted molar refractivity (Wildman–Crippen MR) is 59.5 cm³/mol. The molecule has 2 atom stereocenters. The molecule has 1 aromatic carbocycles. The number of benzene rings is 1. The third-order valence-electron chi connectivity index (χ3n) is 2.14. The van der Waals surface area contributed by atoms with Gasteiger partial charge in [-0.3, -0.25) is 10.1 Å². The molecule has 0 saturated carbocycles. The number of halogens is 1. The fraction of sp³-hybridized carbons (Fsp3) is 0.300. The highest BCUT2D eigenvalue weighted by Crippen LogP contribution is 2.24. The third-order valence-corrected chi connectivity index (χ3v) is 2.46. The molecule has 6 nitrogen and oxygen atoms in total. The number of aliphatic hydroxyl groups excluding tert-OH is 2. The summed E-state index contributed by atoms with van der Waals surface area (Å²) in [5, 5.41) is 38.3. The Morgan fingerprint density at radius 3 is 2.59 bits per heavy atom. The van der Waals surface area contributed by atoms with Crippen LogP contribution in [0.3, 0.4) is 0 Å². The highest BCUT2D eigenvalue weighted by atomic mass is 35.5. The molecule has 0 aliphatic heterocycles. The fourth-order valence-corrected chi connectivity index (χ4v) is 1.45. The Morgan fingerprint density at radius 1 is 1.47 bits per heavy atom. The quantitative estimate of drug-likeness (QED) is 0.476. The number of hydrogen-bond acceptors (Lipinski definition) is 5. The molecule has 0 aliphatic carbocycles. The van der Waals surface area contributed by atoms with Gasteiger partial charge in [0.15, 0.2) is 0 Å². The van der Waals surface area contributed by atoms with E-state index in [1.165, 1.54) is 6.07 Å². The first-order chi connectivity index (χ1) is 7.99. The molecular weight excluding hydrogens is 248 g/mol. The SMILES string of the molecule is N#Cc1cc(C(O)C(O)CCl)cc([N+](=O)[O-])c1. The van der Waals surface area contributed by atoms with Crippen molar-refractivity contribution in [1.82, 2.24) is 0 Å². The highest BCUT2D eigenvalue weighted by Gasteiger charge is 2.20. The number of nitro benzene ring substituents is 1. The molecule has 7 heteroatoms. The van der Waals surface area contributed by atoms with E-state index in [1.807, 2.05) is 0 Å². The second kappa shape index (κ2) is 5.59. The van der Waals surface area contributed by atoms with Crippen LogP contribution in [0.25, 0.3) is 0 Å². The van der Waals surface area contributed by atoms with Gasteiger partial charge >= 0.3 is 0 Å². The molecule has 90 valence electrons. The van der Waals surface area contributed by atoms with Gasteiger partial charge in [0.2, 0.25) is 0 Å². The molecule has 0 bridgehead atoms. The number of hydrogen-bond donors (Lipinski definition) is 2. The van der Waals surface area contributed by atoms with E-state index in [4.69, 9.17) is 16.9 Å². The Bertz CT molecular complexity index is 472. The topological polar surface area (TPSA) is 107 Å². The normalized spacial score (nSPS) is 13.8. The molecule has 2 unspecified atom stereocenters. The van der Waals surface area contributed by atoms with Gasteiger partial charge in [-0.15, -0.1) is 11.6 Å². The maximum Gasteiger partial charge on any atom is 0.271 e. The molecule has 0 aliphatic rings. The fourth-order valence-electron chi connectivity index (χ4n) is 1.28. The molecule has 0 radical (unpaired) electrons. The number of nitriles is 1. The van der Waals surface area contributed by atoms with Crippen molar-refractivity contribution in [2.75, 3.05) is 5.88 Å². The van der Waals surface area contributed by atoms with E-state index in [9.17, 15) is 20.3 Å². The first-order valence-corrected chi connectivity index (χ1v) is 5.14. The van der Waals surface area contributed by atoms with Crippen LogP contribution in [0.4, 0.5) is 5.69 Å². The first kappa shape index (κ1) is 13.4. The van der Waals surface area contributed by atoms with Crippen molar-refractivity contribution in [3.63, 3.8) is 0 Å². The molecule has 0 aromatic heterocycles. The van der Waals surface area contributed by atoms with Gasteiger partial charge in [-0.2, -0.15) is 5.26 Å². The number of rotatable bonds is 4. The Balaban J connectivity index is 3.20. The van der Waals surface area contributed by atoms with Crippen LogP contribution in [-0.4, -0.2) is 27.1 Å². The van der Waals surface area contributed by atoms with Crippen LogP contribution in [-0.2, 0) is 0 Å². The Hall–Kier alpha value is -1.68. The van der Waals surface area contributed by atoms with Crippen molar-refractivity contribution < 1.29 is 15.1 Å². The van der Waals surface area contributed by atoms with Gasteiger partial charge in [-0.05, 0) is 11.6 Å². The zero-order chi connectivity index (χ0) is 13.0. The van der Waals surface area contributed by atoms with E-state index >= 15 is 0 Å². The van der Waals surface area contributed by atoms with Crippen molar-refractivity contribution in [2.24, 2.45) is 0 Å². The number of alkyl halides is 1. The first-order valence-electron chi connectivity index (χ1n) is 4.61. The largest absolute Gasteiger partial charge is 0.389 e. The summed E-state index contributed by atoms with van der Waals surface area (Å²) in [7, 11) is 0. The van der Waals surface area contributed by atoms with Crippen molar-refractivity contribution in [3.8, 4) is 6.07 Å². The molecule has 0 heterocycles. The Labute approximate surface area is 102 Å². The minimum atomic E-state index is -1.36. The van der Waals surface area contributed by atoms with E-state index in [0.29, 0.717) is 0 Å². The molecule has 0 spiro atoms. The highest BCUT2D eigenvalue weighted by molar-refractivity contribution is 6.18. The molecule has 17 heavy (non-hydrogen) atoms. The second-order valence-electron chi connectivity index (χ2n) is 3.35. The predicted octanol–water partition coefficient (Wildman–Crippen LogP) is 1.10. The van der Waals surface area contributed by atoms with E-state index in [1.54, 1.807) is 6.07 Å². The van der Waals surface area contributed by atoms with Gasteiger partial charge in [-0.1, -0.05) is 0 Å². The maximum absolute atomic E-state index is 10.6. The monoisotopic (exact) mass is 256 g/mol. The minimum Gasteiger partial charge on any atom is -0.389 e. The smallest absolute Gasteiger partial charge is 0.271 e. The van der Waals surface area contributed by atoms with Crippen molar-refractivity contribution >= 4 is 17.3 Å². The summed E-state index contributed by atoms with van der Waals surface area (Å²) < 4.78 is 0. The summed E-state index contributed by atoms with van der Waals surface area (Å²) >= 11 is 5.36. The lowest BCUT2D eigenvalue weighted by atomic mass is 10.0. The molecule has 1 aromatic rings. The number of nitrogens with zero attached hydrogens (tertiary/aromatic N) is 2. The van der Waals surface area contributed by atoms with Crippen LogP contribution in [0.15, 0.2) is 18.2 Å². The Morgan fingerprint density at radius 2 is 2.12 bits per heavy atom.